The predicted octanol–water partition coefficient (Wildman–Crippen LogP) is 1.98. The van der Waals surface area contributed by atoms with Crippen molar-refractivity contribution in [2.24, 2.45) is 4.99 Å². The first-order valence-electron chi connectivity index (χ1n) is 8.54. The Labute approximate surface area is 160 Å². The van der Waals surface area contributed by atoms with Crippen molar-refractivity contribution in [3.63, 3.8) is 0 Å². The SMILES string of the molecule is CN=C(NCCc1ccccc1F)NCc1ccccc1S(=O)(=O)N(C)C. The van der Waals surface area contributed by atoms with Gasteiger partial charge in [-0.05, 0) is 29.7 Å². The number of hydrogen-bond donors (Lipinski definition) is 2. The van der Waals surface area contributed by atoms with Crippen LogP contribution in [0, 0.1) is 5.82 Å². The van der Waals surface area contributed by atoms with E-state index in [0.29, 0.717) is 36.6 Å². The van der Waals surface area contributed by atoms with Crippen molar-refractivity contribution < 1.29 is 12.8 Å². The van der Waals surface area contributed by atoms with Gasteiger partial charge in [-0.1, -0.05) is 36.4 Å². The van der Waals surface area contributed by atoms with Crippen molar-refractivity contribution in [3.8, 4) is 0 Å². The van der Waals surface area contributed by atoms with Crippen LogP contribution in [0.25, 0.3) is 0 Å². The summed E-state index contributed by atoms with van der Waals surface area (Å²) in [6, 6.07) is 13.5. The maximum Gasteiger partial charge on any atom is 0.242 e. The molecule has 0 fully saturated rings. The molecule has 0 unspecified atom stereocenters. The Morgan fingerprint density at radius 2 is 1.67 bits per heavy atom. The zero-order valence-corrected chi connectivity index (χ0v) is 16.6. The highest BCUT2D eigenvalue weighted by atomic mass is 32.2. The van der Waals surface area contributed by atoms with Gasteiger partial charge >= 0.3 is 0 Å². The minimum absolute atomic E-state index is 0.231. The van der Waals surface area contributed by atoms with Gasteiger partial charge in [0.25, 0.3) is 0 Å². The van der Waals surface area contributed by atoms with Gasteiger partial charge in [0.05, 0.1) is 4.90 Å². The van der Waals surface area contributed by atoms with Gasteiger partial charge in [-0.3, -0.25) is 4.99 Å². The van der Waals surface area contributed by atoms with Crippen molar-refractivity contribution >= 4 is 16.0 Å². The Kier molecular flexibility index (Phi) is 7.32. The molecule has 2 aromatic carbocycles. The highest BCUT2D eigenvalue weighted by Gasteiger charge is 2.20. The van der Waals surface area contributed by atoms with Crippen LogP contribution in [0.2, 0.25) is 0 Å². The second kappa shape index (κ2) is 9.48. The third kappa shape index (κ3) is 5.51. The van der Waals surface area contributed by atoms with Crippen molar-refractivity contribution in [2.45, 2.75) is 17.9 Å². The second-order valence-electron chi connectivity index (χ2n) is 6.09. The number of guanidine groups is 1. The van der Waals surface area contributed by atoms with Crippen LogP contribution < -0.4 is 10.6 Å². The average molecular weight is 393 g/mol. The molecular weight excluding hydrogens is 367 g/mol. The molecule has 0 amide bonds. The molecule has 0 spiro atoms. The second-order valence-corrected chi connectivity index (χ2v) is 8.21. The number of nitrogens with zero attached hydrogens (tertiary/aromatic N) is 2. The number of nitrogens with one attached hydrogen (secondary N) is 2. The molecule has 2 rings (SSSR count). The molecule has 0 saturated carbocycles. The molecule has 2 aromatic rings. The molecule has 0 saturated heterocycles. The van der Waals surface area contributed by atoms with E-state index >= 15 is 0 Å². The summed E-state index contributed by atoms with van der Waals surface area (Å²) in [6.07, 6.45) is 0.513. The molecule has 0 atom stereocenters. The largest absolute Gasteiger partial charge is 0.356 e. The minimum atomic E-state index is -3.53. The van der Waals surface area contributed by atoms with Gasteiger partial charge in [0.15, 0.2) is 5.96 Å². The molecular formula is C19H25FN4O2S. The van der Waals surface area contributed by atoms with Gasteiger partial charge in [0.1, 0.15) is 5.82 Å². The Balaban J connectivity index is 1.98. The molecule has 0 aliphatic rings. The fraction of sp³-hybridized carbons (Fsp3) is 0.316. The predicted molar refractivity (Wildman–Crippen MR) is 106 cm³/mol. The molecule has 0 radical (unpaired) electrons. The van der Waals surface area contributed by atoms with Crippen LogP contribution in [0.5, 0.6) is 0 Å². The normalized spacial score (nSPS) is 12.3. The molecule has 0 aliphatic heterocycles. The molecule has 0 heterocycles. The summed E-state index contributed by atoms with van der Waals surface area (Å²) in [5.74, 6) is 0.286. The van der Waals surface area contributed by atoms with Gasteiger partial charge < -0.3 is 10.6 Å². The van der Waals surface area contributed by atoms with E-state index in [1.807, 2.05) is 0 Å². The van der Waals surface area contributed by atoms with Crippen molar-refractivity contribution in [3.05, 3.63) is 65.5 Å². The molecule has 27 heavy (non-hydrogen) atoms. The van der Waals surface area contributed by atoms with Crippen LogP contribution >= 0.6 is 0 Å². The van der Waals surface area contributed by atoms with Gasteiger partial charge in [-0.2, -0.15) is 0 Å². The number of rotatable bonds is 7. The lowest BCUT2D eigenvalue weighted by Crippen LogP contribution is -2.38. The van der Waals surface area contributed by atoms with Gasteiger partial charge in [-0.15, -0.1) is 0 Å². The standard InChI is InChI=1S/C19H25FN4O2S/c1-21-19(22-13-12-15-8-4-6-10-17(15)20)23-14-16-9-5-7-11-18(16)27(25,26)24(2)3/h4-11H,12-14H2,1-3H3,(H2,21,22,23). The van der Waals surface area contributed by atoms with Gasteiger partial charge in [0, 0.05) is 34.2 Å². The maximum absolute atomic E-state index is 13.7. The molecule has 6 nitrogen and oxygen atoms in total. The van der Waals surface area contributed by atoms with Crippen LogP contribution in [-0.2, 0) is 23.0 Å². The highest BCUT2D eigenvalue weighted by molar-refractivity contribution is 7.89. The Bertz CT molecular complexity index is 898. The molecule has 146 valence electrons. The van der Waals surface area contributed by atoms with Crippen molar-refractivity contribution in [1.82, 2.24) is 14.9 Å². The molecule has 0 bridgehead atoms. The van der Waals surface area contributed by atoms with Gasteiger partial charge in [0.2, 0.25) is 10.0 Å². The van der Waals surface area contributed by atoms with E-state index in [4.69, 9.17) is 0 Å². The van der Waals surface area contributed by atoms with E-state index in [2.05, 4.69) is 15.6 Å². The summed E-state index contributed by atoms with van der Waals surface area (Å²) in [5.41, 5.74) is 1.27. The Morgan fingerprint density at radius 1 is 1.04 bits per heavy atom. The molecule has 0 aliphatic carbocycles. The minimum Gasteiger partial charge on any atom is -0.356 e. The lowest BCUT2D eigenvalue weighted by Gasteiger charge is -2.17. The van der Waals surface area contributed by atoms with E-state index in [-0.39, 0.29) is 10.7 Å². The quantitative estimate of drug-likeness (QED) is 0.558. The first kappa shape index (κ1) is 20.9. The summed E-state index contributed by atoms with van der Waals surface area (Å²) in [4.78, 5) is 4.38. The van der Waals surface area contributed by atoms with Crippen LogP contribution in [0.15, 0.2) is 58.4 Å². The van der Waals surface area contributed by atoms with Crippen LogP contribution in [-0.4, -0.2) is 46.4 Å². The third-order valence-electron chi connectivity index (χ3n) is 4.05. The van der Waals surface area contributed by atoms with E-state index in [1.54, 1.807) is 49.5 Å². The first-order valence-corrected chi connectivity index (χ1v) is 9.98. The Hall–Kier alpha value is -2.45. The summed E-state index contributed by atoms with van der Waals surface area (Å²) in [7, 11) is 1.10. The van der Waals surface area contributed by atoms with Gasteiger partial charge in [-0.25, -0.2) is 17.1 Å². The lowest BCUT2D eigenvalue weighted by molar-refractivity contribution is 0.519. The number of hydrogen-bond acceptors (Lipinski definition) is 3. The van der Waals surface area contributed by atoms with E-state index in [9.17, 15) is 12.8 Å². The Morgan fingerprint density at radius 3 is 2.30 bits per heavy atom. The highest BCUT2D eigenvalue weighted by Crippen LogP contribution is 2.18. The van der Waals surface area contributed by atoms with Crippen molar-refractivity contribution in [2.75, 3.05) is 27.7 Å². The van der Waals surface area contributed by atoms with E-state index in [1.165, 1.54) is 24.5 Å². The number of halogens is 1. The lowest BCUT2D eigenvalue weighted by atomic mass is 10.1. The third-order valence-corrected chi connectivity index (χ3v) is 5.96. The first-order chi connectivity index (χ1) is 12.9. The molecule has 2 N–H and O–H groups in total. The number of benzene rings is 2. The fourth-order valence-electron chi connectivity index (χ4n) is 2.51. The van der Waals surface area contributed by atoms with Crippen molar-refractivity contribution in [1.29, 1.82) is 0 Å². The summed E-state index contributed by atoms with van der Waals surface area (Å²) < 4.78 is 39.7. The molecule has 0 aromatic heterocycles. The maximum atomic E-state index is 13.7. The average Bonchev–Trinajstić information content (AvgIpc) is 2.66. The summed E-state index contributed by atoms with van der Waals surface area (Å²) >= 11 is 0. The molecule has 8 heteroatoms. The smallest absolute Gasteiger partial charge is 0.242 e. The topological polar surface area (TPSA) is 73.8 Å². The fourth-order valence-corrected chi connectivity index (χ4v) is 3.63. The summed E-state index contributed by atoms with van der Waals surface area (Å²) in [6.45, 7) is 0.793. The number of sulfonamides is 1. The van der Waals surface area contributed by atoms with E-state index < -0.39 is 10.0 Å². The number of aliphatic imine (C=N–C) groups is 1. The zero-order chi connectivity index (χ0) is 19.9. The van der Waals surface area contributed by atoms with Crippen LogP contribution in [0.3, 0.4) is 0 Å². The van der Waals surface area contributed by atoms with E-state index in [0.717, 1.165) is 0 Å². The zero-order valence-electron chi connectivity index (χ0n) is 15.7. The summed E-state index contributed by atoms with van der Waals surface area (Å²) in [5, 5.41) is 6.21. The monoisotopic (exact) mass is 392 g/mol. The van der Waals surface area contributed by atoms with Crippen LogP contribution in [0.4, 0.5) is 4.39 Å². The van der Waals surface area contributed by atoms with Crippen LogP contribution in [0.1, 0.15) is 11.1 Å².